The summed E-state index contributed by atoms with van der Waals surface area (Å²) >= 11 is 0. The molecule has 5 heteroatoms. The standard InChI is InChI=1S/C17H22N4O/c22-11-12-4-3-9-21(10-12)17-16(18-13-7-8-13)19-14-5-1-2-6-15(14)20-17/h1-2,5-6,12-13,22H,3-4,7-11H2,(H,18,19). The smallest absolute Gasteiger partial charge is 0.172 e. The molecule has 0 spiro atoms. The van der Waals surface area contributed by atoms with Crippen molar-refractivity contribution in [3.05, 3.63) is 24.3 Å². The Labute approximate surface area is 130 Å². The second-order valence-corrected chi connectivity index (χ2v) is 6.44. The van der Waals surface area contributed by atoms with Gasteiger partial charge in [-0.3, -0.25) is 0 Å². The van der Waals surface area contributed by atoms with Gasteiger partial charge in [-0.1, -0.05) is 12.1 Å². The average molecular weight is 298 g/mol. The minimum atomic E-state index is 0.253. The number of para-hydroxylation sites is 2. The first-order chi connectivity index (χ1) is 10.8. The Bertz CT molecular complexity index is 671. The number of nitrogens with zero attached hydrogens (tertiary/aromatic N) is 3. The number of piperidine rings is 1. The van der Waals surface area contributed by atoms with Crippen molar-refractivity contribution in [2.45, 2.75) is 31.7 Å². The maximum absolute atomic E-state index is 9.47. The Kier molecular flexibility index (Phi) is 3.58. The van der Waals surface area contributed by atoms with Gasteiger partial charge >= 0.3 is 0 Å². The SMILES string of the molecule is OCC1CCCN(c2nc3ccccc3nc2NC2CC2)C1. The van der Waals surface area contributed by atoms with Crippen molar-refractivity contribution in [3.8, 4) is 0 Å². The molecule has 2 aliphatic rings. The van der Waals surface area contributed by atoms with Gasteiger partial charge in [0.15, 0.2) is 11.6 Å². The predicted molar refractivity (Wildman–Crippen MR) is 88.2 cm³/mol. The normalized spacial score (nSPS) is 22.0. The summed E-state index contributed by atoms with van der Waals surface area (Å²) in [6.45, 7) is 2.11. The summed E-state index contributed by atoms with van der Waals surface area (Å²) in [5.41, 5.74) is 1.87. The molecule has 0 bridgehead atoms. The van der Waals surface area contributed by atoms with Gasteiger partial charge in [-0.2, -0.15) is 0 Å². The molecule has 0 radical (unpaired) electrons. The van der Waals surface area contributed by atoms with Gasteiger partial charge in [0.1, 0.15) is 0 Å². The van der Waals surface area contributed by atoms with Crippen LogP contribution in [0.15, 0.2) is 24.3 Å². The molecule has 1 aliphatic heterocycles. The van der Waals surface area contributed by atoms with Gasteiger partial charge in [-0.05, 0) is 43.7 Å². The van der Waals surface area contributed by atoms with Crippen LogP contribution in [-0.4, -0.2) is 40.8 Å². The van der Waals surface area contributed by atoms with E-state index in [1.54, 1.807) is 0 Å². The van der Waals surface area contributed by atoms with Crippen LogP contribution < -0.4 is 10.2 Å². The zero-order valence-corrected chi connectivity index (χ0v) is 12.7. The third-order valence-corrected chi connectivity index (χ3v) is 4.55. The number of aliphatic hydroxyl groups excluding tert-OH is 1. The molecule has 0 amide bonds. The lowest BCUT2D eigenvalue weighted by Crippen LogP contribution is -2.38. The summed E-state index contributed by atoms with van der Waals surface area (Å²) in [6, 6.07) is 8.58. The molecule has 2 fully saturated rings. The van der Waals surface area contributed by atoms with Crippen LogP contribution in [0.5, 0.6) is 0 Å². The molecule has 116 valence electrons. The highest BCUT2D eigenvalue weighted by atomic mass is 16.3. The zero-order valence-electron chi connectivity index (χ0n) is 12.7. The summed E-state index contributed by atoms with van der Waals surface area (Å²) in [5.74, 6) is 2.19. The molecule has 2 heterocycles. The molecule has 2 aromatic rings. The van der Waals surface area contributed by atoms with E-state index < -0.39 is 0 Å². The Morgan fingerprint density at radius 2 is 1.91 bits per heavy atom. The number of hydrogen-bond acceptors (Lipinski definition) is 5. The molecule has 1 saturated carbocycles. The third-order valence-electron chi connectivity index (χ3n) is 4.55. The van der Waals surface area contributed by atoms with E-state index in [-0.39, 0.29) is 6.61 Å². The number of aliphatic hydroxyl groups is 1. The first-order valence-electron chi connectivity index (χ1n) is 8.22. The number of fused-ring (bicyclic) bond motifs is 1. The van der Waals surface area contributed by atoms with Crippen LogP contribution in [0.25, 0.3) is 11.0 Å². The minimum absolute atomic E-state index is 0.253. The van der Waals surface area contributed by atoms with E-state index in [0.717, 1.165) is 48.6 Å². The summed E-state index contributed by atoms with van der Waals surface area (Å²) in [4.78, 5) is 12.0. The third kappa shape index (κ3) is 2.73. The Morgan fingerprint density at radius 3 is 2.64 bits per heavy atom. The van der Waals surface area contributed by atoms with E-state index in [0.29, 0.717) is 12.0 Å². The second-order valence-electron chi connectivity index (χ2n) is 6.44. The van der Waals surface area contributed by atoms with Crippen molar-refractivity contribution in [2.75, 3.05) is 29.9 Å². The van der Waals surface area contributed by atoms with Crippen LogP contribution in [0.1, 0.15) is 25.7 Å². The molecule has 2 N–H and O–H groups in total. The average Bonchev–Trinajstić information content (AvgIpc) is 3.38. The molecule has 4 rings (SSSR count). The lowest BCUT2D eigenvalue weighted by atomic mass is 9.99. The number of benzene rings is 1. The molecular weight excluding hydrogens is 276 g/mol. The van der Waals surface area contributed by atoms with Gasteiger partial charge in [-0.15, -0.1) is 0 Å². The Hall–Kier alpha value is -1.88. The fraction of sp³-hybridized carbons (Fsp3) is 0.529. The van der Waals surface area contributed by atoms with Crippen LogP contribution in [0.3, 0.4) is 0 Å². The van der Waals surface area contributed by atoms with Crippen molar-refractivity contribution >= 4 is 22.7 Å². The summed E-state index contributed by atoms with van der Waals surface area (Å²) < 4.78 is 0. The second kappa shape index (κ2) is 5.72. The van der Waals surface area contributed by atoms with Gasteiger partial charge in [-0.25, -0.2) is 9.97 Å². The van der Waals surface area contributed by atoms with Gasteiger partial charge < -0.3 is 15.3 Å². The van der Waals surface area contributed by atoms with Gasteiger partial charge in [0, 0.05) is 25.7 Å². The lowest BCUT2D eigenvalue weighted by molar-refractivity contribution is 0.208. The van der Waals surface area contributed by atoms with E-state index in [1.165, 1.54) is 12.8 Å². The van der Waals surface area contributed by atoms with Gasteiger partial charge in [0.05, 0.1) is 11.0 Å². The molecule has 1 unspecified atom stereocenters. The maximum atomic E-state index is 9.47. The Balaban J connectivity index is 1.72. The van der Waals surface area contributed by atoms with E-state index >= 15 is 0 Å². The fourth-order valence-electron chi connectivity index (χ4n) is 3.14. The number of aromatic nitrogens is 2. The van der Waals surface area contributed by atoms with Gasteiger partial charge in [0.25, 0.3) is 0 Å². The molecule has 5 nitrogen and oxygen atoms in total. The lowest BCUT2D eigenvalue weighted by Gasteiger charge is -2.33. The molecule has 1 aromatic carbocycles. The first kappa shape index (κ1) is 13.8. The van der Waals surface area contributed by atoms with Crippen LogP contribution in [0.4, 0.5) is 11.6 Å². The molecule has 22 heavy (non-hydrogen) atoms. The summed E-state index contributed by atoms with van der Waals surface area (Å²) in [5, 5.41) is 13.0. The van der Waals surface area contributed by atoms with Crippen LogP contribution in [0, 0.1) is 5.92 Å². The summed E-state index contributed by atoms with van der Waals surface area (Å²) in [6.07, 6.45) is 4.63. The molecule has 1 aliphatic carbocycles. The van der Waals surface area contributed by atoms with E-state index in [1.807, 2.05) is 24.3 Å². The van der Waals surface area contributed by atoms with Crippen molar-refractivity contribution in [3.63, 3.8) is 0 Å². The number of nitrogens with one attached hydrogen (secondary N) is 1. The monoisotopic (exact) mass is 298 g/mol. The predicted octanol–water partition coefficient (Wildman–Crippen LogP) is 2.41. The zero-order chi connectivity index (χ0) is 14.9. The van der Waals surface area contributed by atoms with E-state index in [4.69, 9.17) is 9.97 Å². The molecular formula is C17H22N4O. The summed E-state index contributed by atoms with van der Waals surface area (Å²) in [7, 11) is 0. The highest BCUT2D eigenvalue weighted by Gasteiger charge is 2.27. The number of anilines is 2. The highest BCUT2D eigenvalue weighted by Crippen LogP contribution is 2.32. The van der Waals surface area contributed by atoms with Crippen LogP contribution in [0.2, 0.25) is 0 Å². The van der Waals surface area contributed by atoms with Crippen molar-refractivity contribution < 1.29 is 5.11 Å². The molecule has 1 aromatic heterocycles. The van der Waals surface area contributed by atoms with Crippen molar-refractivity contribution in [1.82, 2.24) is 9.97 Å². The van der Waals surface area contributed by atoms with Crippen molar-refractivity contribution in [2.24, 2.45) is 5.92 Å². The van der Waals surface area contributed by atoms with E-state index in [2.05, 4.69) is 10.2 Å². The van der Waals surface area contributed by atoms with Crippen molar-refractivity contribution in [1.29, 1.82) is 0 Å². The fourth-order valence-corrected chi connectivity index (χ4v) is 3.14. The quantitative estimate of drug-likeness (QED) is 0.907. The van der Waals surface area contributed by atoms with Crippen LogP contribution >= 0.6 is 0 Å². The number of rotatable bonds is 4. The minimum Gasteiger partial charge on any atom is -0.396 e. The van der Waals surface area contributed by atoms with E-state index in [9.17, 15) is 5.11 Å². The largest absolute Gasteiger partial charge is 0.396 e. The first-order valence-corrected chi connectivity index (χ1v) is 8.22. The highest BCUT2D eigenvalue weighted by molar-refractivity contribution is 5.80. The molecule has 1 saturated heterocycles. The topological polar surface area (TPSA) is 61.3 Å². The van der Waals surface area contributed by atoms with Crippen LogP contribution in [-0.2, 0) is 0 Å². The Morgan fingerprint density at radius 1 is 1.14 bits per heavy atom. The van der Waals surface area contributed by atoms with Gasteiger partial charge in [0.2, 0.25) is 0 Å². The number of hydrogen-bond donors (Lipinski definition) is 2. The maximum Gasteiger partial charge on any atom is 0.172 e. The molecule has 1 atom stereocenters.